The van der Waals surface area contributed by atoms with E-state index in [1.165, 1.54) is 58.1 Å². The Labute approximate surface area is 161 Å². The van der Waals surface area contributed by atoms with Gasteiger partial charge in [0.25, 0.3) is 0 Å². The van der Waals surface area contributed by atoms with Gasteiger partial charge < -0.3 is 10.2 Å². The number of fused-ring (bicyclic) bond motifs is 1. The van der Waals surface area contributed by atoms with Crippen molar-refractivity contribution >= 4 is 22.8 Å². The summed E-state index contributed by atoms with van der Waals surface area (Å²) >= 11 is 0. The summed E-state index contributed by atoms with van der Waals surface area (Å²) in [7, 11) is 0. The predicted octanol–water partition coefficient (Wildman–Crippen LogP) is 3.47. The van der Waals surface area contributed by atoms with E-state index in [1.807, 2.05) is 25.5 Å². The Balaban J connectivity index is 1.58. The number of nitrogens with zero attached hydrogens (tertiary/aromatic N) is 5. The summed E-state index contributed by atoms with van der Waals surface area (Å²) in [6.45, 7) is 10.1. The van der Waals surface area contributed by atoms with Crippen molar-refractivity contribution < 1.29 is 4.79 Å². The molecule has 7 nitrogen and oxygen atoms in total. The van der Waals surface area contributed by atoms with Crippen molar-refractivity contribution in [3.8, 4) is 0 Å². The van der Waals surface area contributed by atoms with Gasteiger partial charge in [-0.15, -0.1) is 0 Å². The lowest BCUT2D eigenvalue weighted by atomic mass is 9.96. The van der Waals surface area contributed by atoms with Crippen molar-refractivity contribution in [3.63, 3.8) is 0 Å². The summed E-state index contributed by atoms with van der Waals surface area (Å²) in [6.07, 6.45) is 10.9. The first-order chi connectivity index (χ1) is 12.9. The average molecular weight is 373 g/mol. The number of carbonyl (C=O) groups is 1. The average Bonchev–Trinajstić information content (AvgIpc) is 2.86. The topological polar surface area (TPSA) is 75.9 Å². The monoisotopic (exact) mass is 372 g/mol. The third-order valence-electron chi connectivity index (χ3n) is 5.14. The molecular weight excluding hydrogens is 340 g/mol. The van der Waals surface area contributed by atoms with Crippen LogP contribution in [0.2, 0.25) is 0 Å². The minimum atomic E-state index is -0.472. The zero-order valence-corrected chi connectivity index (χ0v) is 16.9. The summed E-state index contributed by atoms with van der Waals surface area (Å²) in [5, 5.41) is 8.17. The molecule has 1 aliphatic heterocycles. The molecule has 0 aliphatic carbocycles. The van der Waals surface area contributed by atoms with E-state index in [2.05, 4.69) is 25.3 Å². The van der Waals surface area contributed by atoms with Crippen molar-refractivity contribution in [3.05, 3.63) is 12.5 Å². The van der Waals surface area contributed by atoms with E-state index in [0.717, 1.165) is 24.0 Å². The molecule has 0 radical (unpaired) electrons. The molecule has 1 amide bonds. The van der Waals surface area contributed by atoms with Gasteiger partial charge in [-0.25, -0.2) is 14.6 Å². The highest BCUT2D eigenvalue weighted by Crippen LogP contribution is 2.22. The van der Waals surface area contributed by atoms with Gasteiger partial charge in [0.05, 0.1) is 11.6 Å². The lowest BCUT2D eigenvalue weighted by Crippen LogP contribution is -2.28. The van der Waals surface area contributed by atoms with Crippen LogP contribution in [0.25, 0.3) is 11.0 Å². The van der Waals surface area contributed by atoms with Crippen LogP contribution in [0, 0.1) is 5.41 Å². The van der Waals surface area contributed by atoms with Crippen LogP contribution in [-0.2, 0) is 11.3 Å². The Morgan fingerprint density at radius 1 is 1.07 bits per heavy atom. The highest BCUT2D eigenvalue weighted by molar-refractivity contribution is 6.00. The maximum absolute atomic E-state index is 12.3. The fraction of sp³-hybridized carbons (Fsp3) is 0.700. The summed E-state index contributed by atoms with van der Waals surface area (Å²) in [5.74, 6) is 0.475. The maximum atomic E-state index is 12.3. The third kappa shape index (κ3) is 5.25. The lowest BCUT2D eigenvalue weighted by Gasteiger charge is -2.19. The number of likely N-dealkylation sites (tertiary alicyclic amines) is 1. The second-order valence-corrected chi connectivity index (χ2v) is 8.49. The Morgan fingerprint density at radius 3 is 2.48 bits per heavy atom. The van der Waals surface area contributed by atoms with E-state index in [1.54, 1.807) is 6.20 Å². The number of aryl methyl sites for hydroxylation is 1. The number of amides is 1. The summed E-state index contributed by atoms with van der Waals surface area (Å²) in [6, 6.07) is 0. The van der Waals surface area contributed by atoms with Crippen molar-refractivity contribution in [1.82, 2.24) is 24.6 Å². The minimum Gasteiger partial charge on any atom is -0.310 e. The van der Waals surface area contributed by atoms with Crippen molar-refractivity contribution in [2.24, 2.45) is 5.41 Å². The third-order valence-corrected chi connectivity index (χ3v) is 5.14. The number of nitrogens with one attached hydrogen (secondary N) is 1. The Bertz CT molecular complexity index is 755. The summed E-state index contributed by atoms with van der Waals surface area (Å²) in [5.41, 5.74) is 0.310. The molecule has 0 atom stereocenters. The van der Waals surface area contributed by atoms with E-state index >= 15 is 0 Å². The molecule has 27 heavy (non-hydrogen) atoms. The molecule has 0 bridgehead atoms. The first kappa shape index (κ1) is 19.7. The number of aromatic nitrogens is 4. The molecule has 2 aromatic rings. The van der Waals surface area contributed by atoms with Crippen LogP contribution in [-0.4, -0.2) is 50.2 Å². The molecule has 2 aromatic heterocycles. The Kier molecular flexibility index (Phi) is 6.42. The van der Waals surface area contributed by atoms with Crippen LogP contribution in [0.15, 0.2) is 12.5 Å². The van der Waals surface area contributed by atoms with Crippen LogP contribution < -0.4 is 5.32 Å². The maximum Gasteiger partial charge on any atom is 0.230 e. The van der Waals surface area contributed by atoms with Crippen LogP contribution in [0.1, 0.15) is 59.3 Å². The zero-order chi connectivity index (χ0) is 19.3. The van der Waals surface area contributed by atoms with Gasteiger partial charge in [0.15, 0.2) is 5.65 Å². The van der Waals surface area contributed by atoms with Gasteiger partial charge in [-0.3, -0.25) is 4.79 Å². The van der Waals surface area contributed by atoms with Crippen LogP contribution in [0.4, 0.5) is 5.82 Å². The molecule has 1 N–H and O–H groups in total. The molecule has 3 heterocycles. The standard InChI is InChI=1S/C20H32N6O/c1-20(2,3)19(27)24-17-16-14-23-26(18(16)22-15-21-17)13-9-8-12-25-10-6-4-5-7-11-25/h14-15H,4-13H2,1-3H3,(H,21,22,24,27). The van der Waals surface area contributed by atoms with E-state index in [-0.39, 0.29) is 5.91 Å². The van der Waals surface area contributed by atoms with Crippen LogP contribution in [0.3, 0.4) is 0 Å². The smallest absolute Gasteiger partial charge is 0.230 e. The molecule has 3 rings (SSSR count). The second-order valence-electron chi connectivity index (χ2n) is 8.49. The first-order valence-electron chi connectivity index (χ1n) is 10.2. The first-order valence-corrected chi connectivity index (χ1v) is 10.2. The lowest BCUT2D eigenvalue weighted by molar-refractivity contribution is -0.123. The van der Waals surface area contributed by atoms with Gasteiger partial charge in [-0.1, -0.05) is 33.6 Å². The molecule has 0 aromatic carbocycles. The molecule has 0 unspecified atom stereocenters. The van der Waals surface area contributed by atoms with Gasteiger partial charge in [0.2, 0.25) is 5.91 Å². The number of carbonyl (C=O) groups excluding carboxylic acids is 1. The fourth-order valence-corrected chi connectivity index (χ4v) is 3.41. The number of anilines is 1. The summed E-state index contributed by atoms with van der Waals surface area (Å²) in [4.78, 5) is 23.5. The van der Waals surface area contributed by atoms with Gasteiger partial charge >= 0.3 is 0 Å². The molecular formula is C20H32N6O. The van der Waals surface area contributed by atoms with Gasteiger partial charge in [0.1, 0.15) is 12.1 Å². The second kappa shape index (κ2) is 8.78. The molecule has 1 fully saturated rings. The van der Waals surface area contributed by atoms with Crippen LogP contribution >= 0.6 is 0 Å². The molecule has 1 aliphatic rings. The quantitative estimate of drug-likeness (QED) is 0.786. The fourth-order valence-electron chi connectivity index (χ4n) is 3.41. The van der Waals surface area contributed by atoms with E-state index in [0.29, 0.717) is 5.82 Å². The highest BCUT2D eigenvalue weighted by Gasteiger charge is 2.23. The molecule has 1 saturated heterocycles. The van der Waals surface area contributed by atoms with Gasteiger partial charge in [-0.2, -0.15) is 5.10 Å². The van der Waals surface area contributed by atoms with E-state index in [9.17, 15) is 4.79 Å². The SMILES string of the molecule is CC(C)(C)C(=O)Nc1ncnc2c1cnn2CCCCN1CCCCCC1. The van der Waals surface area contributed by atoms with Crippen molar-refractivity contribution in [2.75, 3.05) is 25.0 Å². The minimum absolute atomic E-state index is 0.0623. The highest BCUT2D eigenvalue weighted by atomic mass is 16.2. The Morgan fingerprint density at radius 2 is 1.78 bits per heavy atom. The van der Waals surface area contributed by atoms with E-state index < -0.39 is 5.41 Å². The Hall–Kier alpha value is -2.02. The normalized spacial score (nSPS) is 16.4. The van der Waals surface area contributed by atoms with Crippen LogP contribution in [0.5, 0.6) is 0 Å². The van der Waals surface area contributed by atoms with Crippen molar-refractivity contribution in [1.29, 1.82) is 0 Å². The number of rotatable bonds is 6. The van der Waals surface area contributed by atoms with E-state index in [4.69, 9.17) is 0 Å². The number of hydrogen-bond donors (Lipinski definition) is 1. The molecule has 7 heteroatoms. The van der Waals surface area contributed by atoms with Gasteiger partial charge in [-0.05, 0) is 45.3 Å². The van der Waals surface area contributed by atoms with Gasteiger partial charge in [0, 0.05) is 12.0 Å². The summed E-state index contributed by atoms with van der Waals surface area (Å²) < 4.78 is 1.92. The molecule has 148 valence electrons. The zero-order valence-electron chi connectivity index (χ0n) is 16.9. The van der Waals surface area contributed by atoms with Crippen molar-refractivity contribution in [2.45, 2.75) is 65.8 Å². The number of hydrogen-bond acceptors (Lipinski definition) is 5. The number of unbranched alkanes of at least 4 members (excludes halogenated alkanes) is 1. The predicted molar refractivity (Wildman–Crippen MR) is 108 cm³/mol. The largest absolute Gasteiger partial charge is 0.310 e. The molecule has 0 saturated carbocycles. The molecule has 0 spiro atoms.